The molecule has 3 aromatic carbocycles. The van der Waals surface area contributed by atoms with Gasteiger partial charge in [-0.25, -0.2) is 0 Å². The fourth-order valence-electron chi connectivity index (χ4n) is 4.36. The Labute approximate surface area is 216 Å². The van der Waals surface area contributed by atoms with Gasteiger partial charge in [0.15, 0.2) is 0 Å². The van der Waals surface area contributed by atoms with Crippen LogP contribution >= 0.6 is 19.9 Å². The summed E-state index contributed by atoms with van der Waals surface area (Å²) in [7, 11) is -0.967. The van der Waals surface area contributed by atoms with Crippen LogP contribution in [0, 0.1) is 13.8 Å². The molecule has 1 aliphatic rings. The zero-order chi connectivity index (χ0) is 25.8. The fourth-order valence-corrected chi connectivity index (χ4v) is 5.05. The minimum atomic E-state index is -2.29. The van der Waals surface area contributed by atoms with E-state index in [0.717, 1.165) is 11.1 Å². The summed E-state index contributed by atoms with van der Waals surface area (Å²) < 4.78 is 22.4. The monoisotopic (exact) mass is 525 g/mol. The quantitative estimate of drug-likeness (QED) is 0.350. The van der Waals surface area contributed by atoms with Gasteiger partial charge in [-0.15, -0.1) is 9.05 Å². The standard InChI is InChI=1S/C27H26ClN2O5P/c1-17-7-4-5-8-21(17)26(31)29-20-11-12-22(18(2)15-20)27(32)30-14-6-9-25(35-36(33)34-3)23-16-19(28)10-13-24(23)30/h4-5,7-8,10-13,15-16,25H,6,9,14H2,1-3H3/p+1. The first-order valence-electron chi connectivity index (χ1n) is 11.6. The van der Waals surface area contributed by atoms with E-state index >= 15 is 0 Å². The maximum Gasteiger partial charge on any atom is 0.697 e. The van der Waals surface area contributed by atoms with Gasteiger partial charge in [0.25, 0.3) is 11.8 Å². The zero-order valence-electron chi connectivity index (χ0n) is 20.3. The van der Waals surface area contributed by atoms with Crippen molar-refractivity contribution in [3.63, 3.8) is 0 Å². The van der Waals surface area contributed by atoms with Gasteiger partial charge < -0.3 is 10.2 Å². The van der Waals surface area contributed by atoms with Crippen molar-refractivity contribution in [2.45, 2.75) is 32.8 Å². The van der Waals surface area contributed by atoms with Gasteiger partial charge >= 0.3 is 8.25 Å². The summed E-state index contributed by atoms with van der Waals surface area (Å²) in [5.41, 5.74) is 4.69. The highest BCUT2D eigenvalue weighted by Crippen LogP contribution is 2.42. The molecule has 0 saturated carbocycles. The second kappa shape index (κ2) is 11.3. The van der Waals surface area contributed by atoms with Crippen LogP contribution in [-0.4, -0.2) is 25.5 Å². The highest BCUT2D eigenvalue weighted by atomic mass is 35.5. The molecule has 1 aliphatic heterocycles. The lowest BCUT2D eigenvalue weighted by Crippen LogP contribution is -2.32. The van der Waals surface area contributed by atoms with Gasteiger partial charge in [0.05, 0.1) is 12.8 Å². The first-order valence-corrected chi connectivity index (χ1v) is 13.0. The lowest BCUT2D eigenvalue weighted by atomic mass is 10.0. The minimum Gasteiger partial charge on any atom is -0.322 e. The van der Waals surface area contributed by atoms with E-state index in [2.05, 4.69) is 5.32 Å². The van der Waals surface area contributed by atoms with Crippen LogP contribution in [0.2, 0.25) is 5.02 Å². The Morgan fingerprint density at radius 1 is 1.03 bits per heavy atom. The van der Waals surface area contributed by atoms with Crippen LogP contribution < -0.4 is 10.2 Å². The number of halogens is 1. The number of hydrogen-bond donors (Lipinski definition) is 1. The predicted octanol–water partition coefficient (Wildman–Crippen LogP) is 7.01. The van der Waals surface area contributed by atoms with E-state index in [9.17, 15) is 14.2 Å². The van der Waals surface area contributed by atoms with Gasteiger partial charge in [-0.2, -0.15) is 0 Å². The first-order chi connectivity index (χ1) is 17.3. The molecule has 36 heavy (non-hydrogen) atoms. The molecule has 7 nitrogen and oxygen atoms in total. The Morgan fingerprint density at radius 2 is 1.81 bits per heavy atom. The van der Waals surface area contributed by atoms with E-state index in [1.54, 1.807) is 47.4 Å². The molecule has 0 spiro atoms. The third-order valence-electron chi connectivity index (χ3n) is 6.19. The largest absolute Gasteiger partial charge is 0.697 e. The number of aryl methyl sites for hydroxylation is 2. The molecular weight excluding hydrogens is 499 g/mol. The van der Waals surface area contributed by atoms with Crippen LogP contribution in [0.4, 0.5) is 11.4 Å². The third kappa shape index (κ3) is 5.66. The molecule has 4 rings (SSSR count). The lowest BCUT2D eigenvalue weighted by Gasteiger charge is -2.24. The lowest BCUT2D eigenvalue weighted by molar-refractivity contribution is 0.0985. The molecule has 0 saturated heterocycles. The average Bonchev–Trinajstić information content (AvgIpc) is 3.03. The third-order valence-corrected chi connectivity index (χ3v) is 7.15. The van der Waals surface area contributed by atoms with Crippen LogP contribution in [0.1, 0.15) is 56.4 Å². The second-order valence-corrected chi connectivity index (χ2v) is 10.1. The zero-order valence-corrected chi connectivity index (χ0v) is 21.9. The molecule has 3 aromatic rings. The van der Waals surface area contributed by atoms with E-state index in [-0.39, 0.29) is 11.8 Å². The van der Waals surface area contributed by atoms with Crippen molar-refractivity contribution >= 4 is 43.0 Å². The normalized spacial score (nSPS) is 15.6. The number of benzene rings is 3. The Morgan fingerprint density at radius 3 is 2.53 bits per heavy atom. The van der Waals surface area contributed by atoms with Crippen LogP contribution in [0.3, 0.4) is 0 Å². The Bertz CT molecular complexity index is 1330. The predicted molar refractivity (Wildman–Crippen MR) is 141 cm³/mol. The molecule has 0 fully saturated rings. The van der Waals surface area contributed by atoms with E-state index in [4.69, 9.17) is 20.6 Å². The number of nitrogens with zero attached hydrogens (tertiary/aromatic N) is 1. The Hall–Kier alpha value is -3.09. The van der Waals surface area contributed by atoms with Crippen LogP contribution in [0.5, 0.6) is 0 Å². The number of anilines is 2. The molecule has 0 bridgehead atoms. The molecule has 1 N–H and O–H groups in total. The van der Waals surface area contributed by atoms with Gasteiger partial charge in [-0.3, -0.25) is 9.59 Å². The molecule has 2 amide bonds. The molecule has 186 valence electrons. The number of fused-ring (bicyclic) bond motifs is 1. The summed E-state index contributed by atoms with van der Waals surface area (Å²) in [5, 5.41) is 3.41. The summed E-state index contributed by atoms with van der Waals surface area (Å²) >= 11 is 6.25. The Kier molecular flexibility index (Phi) is 8.17. The summed E-state index contributed by atoms with van der Waals surface area (Å²) in [6.45, 7) is 4.19. The molecule has 2 unspecified atom stereocenters. The Balaban J connectivity index is 1.60. The second-order valence-electron chi connectivity index (χ2n) is 8.60. The van der Waals surface area contributed by atoms with E-state index in [0.29, 0.717) is 52.5 Å². The van der Waals surface area contributed by atoms with Gasteiger partial charge in [0.1, 0.15) is 6.10 Å². The molecule has 0 aromatic heterocycles. The van der Waals surface area contributed by atoms with Crippen LogP contribution in [-0.2, 0) is 13.6 Å². The van der Waals surface area contributed by atoms with Gasteiger partial charge in [-0.1, -0.05) is 29.8 Å². The van der Waals surface area contributed by atoms with E-state index < -0.39 is 14.4 Å². The van der Waals surface area contributed by atoms with Crippen molar-refractivity contribution in [2.24, 2.45) is 0 Å². The van der Waals surface area contributed by atoms with Crippen molar-refractivity contribution in [3.05, 3.63) is 93.5 Å². The number of amides is 2. The van der Waals surface area contributed by atoms with Crippen molar-refractivity contribution < 1.29 is 23.2 Å². The number of rotatable bonds is 6. The molecule has 0 radical (unpaired) electrons. The minimum absolute atomic E-state index is 0.176. The molecule has 1 heterocycles. The number of nitrogens with one attached hydrogen (secondary N) is 1. The first kappa shape index (κ1) is 26.0. The molecule has 9 heteroatoms. The van der Waals surface area contributed by atoms with Crippen molar-refractivity contribution in [2.75, 3.05) is 23.9 Å². The summed E-state index contributed by atoms with van der Waals surface area (Å²) in [5.74, 6) is -0.380. The van der Waals surface area contributed by atoms with Crippen molar-refractivity contribution in [3.8, 4) is 0 Å². The van der Waals surface area contributed by atoms with Crippen LogP contribution in [0.15, 0.2) is 60.7 Å². The maximum absolute atomic E-state index is 13.7. The number of carbonyl (C=O) groups is 2. The average molecular weight is 526 g/mol. The van der Waals surface area contributed by atoms with Crippen LogP contribution in [0.25, 0.3) is 0 Å². The number of hydrogen-bond acceptors (Lipinski definition) is 5. The molecule has 0 aliphatic carbocycles. The van der Waals surface area contributed by atoms with E-state index in [1.165, 1.54) is 7.11 Å². The maximum atomic E-state index is 13.7. The molecule has 2 atom stereocenters. The van der Waals surface area contributed by atoms with Crippen molar-refractivity contribution in [1.29, 1.82) is 0 Å². The summed E-state index contributed by atoms with van der Waals surface area (Å²) in [6, 6.07) is 17.9. The highest BCUT2D eigenvalue weighted by Gasteiger charge is 2.34. The van der Waals surface area contributed by atoms with Crippen molar-refractivity contribution in [1.82, 2.24) is 0 Å². The van der Waals surface area contributed by atoms with Gasteiger partial charge in [0.2, 0.25) is 0 Å². The van der Waals surface area contributed by atoms with E-state index in [1.807, 2.05) is 32.0 Å². The van der Waals surface area contributed by atoms with Gasteiger partial charge in [0, 0.05) is 38.5 Å². The fraction of sp³-hybridized carbons (Fsp3) is 0.259. The SMILES string of the molecule is CO[P+](=O)OC1CCCN(C(=O)c2ccc(NC(=O)c3ccccc3C)cc2C)c2ccc(Cl)cc21. The van der Waals surface area contributed by atoms with Gasteiger partial charge in [-0.05, 0) is 80.3 Å². The summed E-state index contributed by atoms with van der Waals surface area (Å²) in [4.78, 5) is 28.1. The highest BCUT2D eigenvalue weighted by molar-refractivity contribution is 7.33. The molecular formula is C27H27ClN2O5P+. The number of carbonyl (C=O) groups excluding carboxylic acids is 2. The smallest absolute Gasteiger partial charge is 0.322 e. The topological polar surface area (TPSA) is 84.9 Å². The summed E-state index contributed by atoms with van der Waals surface area (Å²) in [6.07, 6.45) is 0.684.